The summed E-state index contributed by atoms with van der Waals surface area (Å²) in [7, 11) is 0. The average molecular weight is 220 g/mol. The third-order valence-corrected chi connectivity index (χ3v) is 2.22. The van der Waals surface area contributed by atoms with E-state index in [1.807, 2.05) is 0 Å². The van der Waals surface area contributed by atoms with E-state index in [1.54, 1.807) is 0 Å². The molecule has 0 saturated heterocycles. The first kappa shape index (κ1) is 11.2. The van der Waals surface area contributed by atoms with Crippen LogP contribution in [0, 0.1) is 5.82 Å². The Balaban J connectivity index is 3.05. The van der Waals surface area contributed by atoms with Gasteiger partial charge < -0.3 is 15.9 Å². The van der Waals surface area contributed by atoms with E-state index in [9.17, 15) is 14.6 Å². The van der Waals surface area contributed by atoms with Gasteiger partial charge in [0.1, 0.15) is 11.9 Å². The first-order valence-corrected chi connectivity index (χ1v) is 4.57. The van der Waals surface area contributed by atoms with E-state index < -0.39 is 18.0 Å². The number of nitrogens with two attached hydrogens (primary N) is 1. The van der Waals surface area contributed by atoms with Crippen molar-refractivity contribution < 1.29 is 14.6 Å². The molecule has 1 aromatic carbocycles. The molecule has 2 unspecified atom stereocenters. The van der Waals surface area contributed by atoms with E-state index in [4.69, 9.17) is 17.3 Å². The van der Waals surface area contributed by atoms with Crippen LogP contribution in [-0.4, -0.2) is 22.2 Å². The third-order valence-electron chi connectivity index (χ3n) is 1.90. The monoisotopic (exact) mass is 219 g/mol. The van der Waals surface area contributed by atoms with Crippen LogP contribution in [0.15, 0.2) is 18.2 Å². The molecule has 14 heavy (non-hydrogen) atoms. The Morgan fingerprint density at radius 3 is 2.57 bits per heavy atom. The quantitative estimate of drug-likeness (QED) is 0.526. The van der Waals surface area contributed by atoms with Gasteiger partial charge in [-0.15, -0.1) is 11.6 Å². The molecule has 0 bridgehead atoms. The van der Waals surface area contributed by atoms with Crippen molar-refractivity contribution in [3.8, 4) is 0 Å². The molecule has 0 aliphatic rings. The molecule has 4 N–H and O–H groups in total. The second-order valence-corrected chi connectivity index (χ2v) is 3.22. The molecule has 0 amide bonds. The topological polar surface area (TPSA) is 66.5 Å². The number of hydrogen-bond acceptors (Lipinski definition) is 3. The molecule has 0 heterocycles. The summed E-state index contributed by atoms with van der Waals surface area (Å²) in [4.78, 5) is 0. The number of benzene rings is 1. The van der Waals surface area contributed by atoms with Crippen LogP contribution in [0.5, 0.6) is 0 Å². The van der Waals surface area contributed by atoms with E-state index in [0.717, 1.165) is 6.07 Å². The van der Waals surface area contributed by atoms with Crippen LogP contribution in [0.25, 0.3) is 0 Å². The first-order valence-electron chi connectivity index (χ1n) is 4.04. The summed E-state index contributed by atoms with van der Waals surface area (Å²) in [6, 6.07) is 4.03. The van der Waals surface area contributed by atoms with Gasteiger partial charge in [-0.2, -0.15) is 0 Å². The SMILES string of the molecule is Nc1cccc(F)c1C(O)C(O)CCl. The predicted octanol–water partition coefficient (Wildman–Crippen LogP) is 1.04. The number of aliphatic hydroxyl groups excluding tert-OH is 2. The van der Waals surface area contributed by atoms with E-state index >= 15 is 0 Å². The second kappa shape index (κ2) is 4.59. The molecule has 2 atom stereocenters. The maximum Gasteiger partial charge on any atom is 0.131 e. The van der Waals surface area contributed by atoms with Crippen LogP contribution in [0.4, 0.5) is 10.1 Å². The Kier molecular flexibility index (Phi) is 3.69. The van der Waals surface area contributed by atoms with Crippen molar-refractivity contribution in [1.29, 1.82) is 0 Å². The molecule has 0 aliphatic carbocycles. The molecule has 0 spiro atoms. The molecule has 78 valence electrons. The van der Waals surface area contributed by atoms with Gasteiger partial charge in [0, 0.05) is 11.3 Å². The standard InChI is InChI=1S/C9H11ClFNO2/c10-4-7(13)9(14)8-5(11)2-1-3-6(8)12/h1-3,7,9,13-14H,4,12H2. The number of rotatable bonds is 3. The van der Waals surface area contributed by atoms with Gasteiger partial charge in [-0.3, -0.25) is 0 Å². The normalized spacial score (nSPS) is 15.1. The number of halogens is 2. The van der Waals surface area contributed by atoms with Crippen molar-refractivity contribution in [1.82, 2.24) is 0 Å². The zero-order valence-corrected chi connectivity index (χ0v) is 8.08. The average Bonchev–Trinajstić information content (AvgIpc) is 2.16. The molecule has 0 aromatic heterocycles. The summed E-state index contributed by atoms with van der Waals surface area (Å²) < 4.78 is 13.2. The number of hydrogen-bond donors (Lipinski definition) is 3. The van der Waals surface area contributed by atoms with Crippen molar-refractivity contribution in [3.63, 3.8) is 0 Å². The van der Waals surface area contributed by atoms with Crippen LogP contribution in [0.3, 0.4) is 0 Å². The Hall–Kier alpha value is -0.840. The van der Waals surface area contributed by atoms with Gasteiger partial charge in [0.15, 0.2) is 0 Å². The summed E-state index contributed by atoms with van der Waals surface area (Å²) >= 11 is 5.33. The maximum absolute atomic E-state index is 13.2. The van der Waals surface area contributed by atoms with Crippen LogP contribution in [0.1, 0.15) is 11.7 Å². The molecule has 1 aromatic rings. The smallest absolute Gasteiger partial charge is 0.131 e. The lowest BCUT2D eigenvalue weighted by molar-refractivity contribution is 0.0309. The number of nitrogen functional groups attached to an aromatic ring is 1. The Morgan fingerprint density at radius 1 is 1.43 bits per heavy atom. The van der Waals surface area contributed by atoms with Crippen LogP contribution >= 0.6 is 11.6 Å². The van der Waals surface area contributed by atoms with Gasteiger partial charge in [-0.25, -0.2) is 4.39 Å². The van der Waals surface area contributed by atoms with Gasteiger partial charge in [-0.1, -0.05) is 6.07 Å². The molecule has 3 nitrogen and oxygen atoms in total. The molecular weight excluding hydrogens is 209 g/mol. The maximum atomic E-state index is 13.2. The fourth-order valence-electron chi connectivity index (χ4n) is 1.14. The van der Waals surface area contributed by atoms with Crippen molar-refractivity contribution in [2.45, 2.75) is 12.2 Å². The largest absolute Gasteiger partial charge is 0.398 e. The van der Waals surface area contributed by atoms with Crippen molar-refractivity contribution in [3.05, 3.63) is 29.6 Å². The zero-order chi connectivity index (χ0) is 10.7. The molecule has 5 heteroatoms. The summed E-state index contributed by atoms with van der Waals surface area (Å²) in [5, 5.41) is 18.7. The van der Waals surface area contributed by atoms with Gasteiger partial charge in [0.2, 0.25) is 0 Å². The highest BCUT2D eigenvalue weighted by Gasteiger charge is 2.22. The fourth-order valence-corrected chi connectivity index (χ4v) is 1.31. The third kappa shape index (κ3) is 2.15. The lowest BCUT2D eigenvalue weighted by atomic mass is 10.0. The van der Waals surface area contributed by atoms with Crippen molar-refractivity contribution >= 4 is 17.3 Å². The van der Waals surface area contributed by atoms with Crippen molar-refractivity contribution in [2.75, 3.05) is 11.6 Å². The lowest BCUT2D eigenvalue weighted by Gasteiger charge is -2.17. The summed E-state index contributed by atoms with van der Waals surface area (Å²) in [6.07, 6.45) is -2.62. The highest BCUT2D eigenvalue weighted by atomic mass is 35.5. The molecule has 0 radical (unpaired) electrons. The van der Waals surface area contributed by atoms with Gasteiger partial charge >= 0.3 is 0 Å². The Bertz CT molecular complexity index is 301. The van der Waals surface area contributed by atoms with Gasteiger partial charge in [0.25, 0.3) is 0 Å². The van der Waals surface area contributed by atoms with Crippen LogP contribution in [-0.2, 0) is 0 Å². The van der Waals surface area contributed by atoms with Gasteiger partial charge in [-0.05, 0) is 12.1 Å². The molecular formula is C9H11ClFNO2. The predicted molar refractivity (Wildman–Crippen MR) is 52.5 cm³/mol. The lowest BCUT2D eigenvalue weighted by Crippen LogP contribution is -2.21. The minimum absolute atomic E-state index is 0.0988. The summed E-state index contributed by atoms with van der Waals surface area (Å²) in [5.74, 6) is -0.837. The van der Waals surface area contributed by atoms with E-state index in [2.05, 4.69) is 0 Å². The number of aliphatic hydroxyl groups is 2. The van der Waals surface area contributed by atoms with E-state index in [0.29, 0.717) is 0 Å². The molecule has 0 saturated carbocycles. The minimum Gasteiger partial charge on any atom is -0.398 e. The number of alkyl halides is 1. The zero-order valence-electron chi connectivity index (χ0n) is 7.32. The van der Waals surface area contributed by atoms with E-state index in [-0.39, 0.29) is 17.1 Å². The van der Waals surface area contributed by atoms with Crippen LogP contribution < -0.4 is 5.73 Å². The second-order valence-electron chi connectivity index (χ2n) is 2.91. The highest BCUT2D eigenvalue weighted by molar-refractivity contribution is 6.18. The van der Waals surface area contributed by atoms with Gasteiger partial charge in [0.05, 0.1) is 12.0 Å². The van der Waals surface area contributed by atoms with E-state index in [1.165, 1.54) is 12.1 Å². The number of anilines is 1. The van der Waals surface area contributed by atoms with Crippen LogP contribution in [0.2, 0.25) is 0 Å². The first-order chi connectivity index (χ1) is 6.57. The Labute approximate surface area is 85.9 Å². The molecule has 0 aliphatic heterocycles. The summed E-state index contributed by atoms with van der Waals surface area (Å²) in [5.41, 5.74) is 5.45. The molecule has 0 fully saturated rings. The Morgan fingerprint density at radius 2 is 2.07 bits per heavy atom. The van der Waals surface area contributed by atoms with Crippen molar-refractivity contribution in [2.24, 2.45) is 0 Å². The minimum atomic E-state index is -1.39. The summed E-state index contributed by atoms with van der Waals surface area (Å²) in [6.45, 7) is 0. The fraction of sp³-hybridized carbons (Fsp3) is 0.333. The highest BCUT2D eigenvalue weighted by Crippen LogP contribution is 2.26. The molecule has 1 rings (SSSR count).